The summed E-state index contributed by atoms with van der Waals surface area (Å²) in [7, 11) is 0. The maximum atomic E-state index is 10.9. The van der Waals surface area contributed by atoms with E-state index in [0.717, 1.165) is 38.8 Å². The third kappa shape index (κ3) is 4.82. The van der Waals surface area contributed by atoms with E-state index in [1.807, 2.05) is 18.2 Å². The number of carboxylic acids is 1. The number of carbonyl (C=O) groups is 1. The Morgan fingerprint density at radius 3 is 2.55 bits per heavy atom. The molecule has 1 aromatic rings. The molecule has 0 saturated heterocycles. The van der Waals surface area contributed by atoms with Gasteiger partial charge in [0.05, 0.1) is 5.92 Å². The number of hydrogen-bond acceptors (Lipinski definition) is 2. The Bertz CT molecular complexity index is 434. The quantitative estimate of drug-likeness (QED) is 0.783. The first-order chi connectivity index (χ1) is 9.75. The lowest BCUT2D eigenvalue weighted by molar-refractivity contribution is -0.143. The fourth-order valence-electron chi connectivity index (χ4n) is 2.74. The van der Waals surface area contributed by atoms with Crippen molar-refractivity contribution in [1.82, 2.24) is 5.32 Å². The van der Waals surface area contributed by atoms with Gasteiger partial charge in [-0.05, 0) is 43.7 Å². The number of rotatable bonds is 6. The molecule has 2 rings (SSSR count). The van der Waals surface area contributed by atoms with Gasteiger partial charge in [-0.1, -0.05) is 42.5 Å². The smallest absolute Gasteiger partial charge is 0.306 e. The van der Waals surface area contributed by atoms with Gasteiger partial charge in [-0.25, -0.2) is 0 Å². The van der Waals surface area contributed by atoms with E-state index >= 15 is 0 Å². The fourth-order valence-corrected chi connectivity index (χ4v) is 2.74. The molecule has 1 fully saturated rings. The summed E-state index contributed by atoms with van der Waals surface area (Å²) in [6.45, 7) is 1.86. The molecule has 0 heterocycles. The first kappa shape index (κ1) is 14.8. The van der Waals surface area contributed by atoms with Gasteiger partial charge in [-0.3, -0.25) is 4.79 Å². The van der Waals surface area contributed by atoms with Gasteiger partial charge in [-0.2, -0.15) is 0 Å². The standard InChI is InChI=1S/C17H23NO2/c19-17(20)16-10-8-15(9-11-16)13-18-12-4-7-14-5-2-1-3-6-14/h1-7,15-16,18H,8-13H2,(H,19,20). The zero-order valence-electron chi connectivity index (χ0n) is 11.8. The van der Waals surface area contributed by atoms with Gasteiger partial charge < -0.3 is 10.4 Å². The van der Waals surface area contributed by atoms with Gasteiger partial charge in [0.1, 0.15) is 0 Å². The number of benzene rings is 1. The van der Waals surface area contributed by atoms with Crippen molar-refractivity contribution in [3.8, 4) is 0 Å². The molecular formula is C17H23NO2. The predicted octanol–water partition coefficient (Wildman–Crippen LogP) is 3.18. The molecule has 108 valence electrons. The SMILES string of the molecule is O=C(O)C1CCC(CNCC=Cc2ccccc2)CC1. The number of aliphatic carboxylic acids is 1. The minimum absolute atomic E-state index is 0.107. The second kappa shape index (κ2) is 7.85. The molecule has 1 saturated carbocycles. The molecule has 20 heavy (non-hydrogen) atoms. The summed E-state index contributed by atoms with van der Waals surface area (Å²) in [5, 5.41) is 12.4. The van der Waals surface area contributed by atoms with E-state index in [-0.39, 0.29) is 5.92 Å². The molecule has 3 nitrogen and oxygen atoms in total. The molecule has 0 spiro atoms. The highest BCUT2D eigenvalue weighted by Crippen LogP contribution is 2.28. The highest BCUT2D eigenvalue weighted by molar-refractivity contribution is 5.69. The van der Waals surface area contributed by atoms with Crippen molar-refractivity contribution in [3.63, 3.8) is 0 Å². The predicted molar refractivity (Wildman–Crippen MR) is 81.4 cm³/mol. The lowest BCUT2D eigenvalue weighted by Gasteiger charge is -2.26. The van der Waals surface area contributed by atoms with E-state index in [1.165, 1.54) is 5.56 Å². The number of carboxylic acid groups (broad SMARTS) is 1. The first-order valence-electron chi connectivity index (χ1n) is 7.41. The van der Waals surface area contributed by atoms with Crippen molar-refractivity contribution in [2.24, 2.45) is 11.8 Å². The molecular weight excluding hydrogens is 250 g/mol. The van der Waals surface area contributed by atoms with Crippen LogP contribution in [0.4, 0.5) is 0 Å². The van der Waals surface area contributed by atoms with Crippen LogP contribution in [0.5, 0.6) is 0 Å². The van der Waals surface area contributed by atoms with Crippen LogP contribution in [0, 0.1) is 11.8 Å². The third-order valence-electron chi connectivity index (χ3n) is 4.00. The Morgan fingerprint density at radius 1 is 1.20 bits per heavy atom. The maximum Gasteiger partial charge on any atom is 0.306 e. The van der Waals surface area contributed by atoms with Gasteiger partial charge in [0.15, 0.2) is 0 Å². The van der Waals surface area contributed by atoms with Crippen molar-refractivity contribution in [3.05, 3.63) is 42.0 Å². The molecule has 0 amide bonds. The second-order valence-electron chi connectivity index (χ2n) is 5.53. The molecule has 0 unspecified atom stereocenters. The number of nitrogens with one attached hydrogen (secondary N) is 1. The number of hydrogen-bond donors (Lipinski definition) is 2. The molecule has 2 N–H and O–H groups in total. The van der Waals surface area contributed by atoms with Crippen LogP contribution in [0.1, 0.15) is 31.2 Å². The van der Waals surface area contributed by atoms with E-state index < -0.39 is 5.97 Å². The Morgan fingerprint density at radius 2 is 1.90 bits per heavy atom. The summed E-state index contributed by atoms with van der Waals surface area (Å²) in [4.78, 5) is 10.9. The van der Waals surface area contributed by atoms with Crippen molar-refractivity contribution in [1.29, 1.82) is 0 Å². The summed E-state index contributed by atoms with van der Waals surface area (Å²) in [6, 6.07) is 10.3. The lowest BCUT2D eigenvalue weighted by Crippen LogP contribution is -2.28. The molecule has 0 radical (unpaired) electrons. The summed E-state index contributed by atoms with van der Waals surface area (Å²) < 4.78 is 0. The molecule has 1 aliphatic rings. The first-order valence-corrected chi connectivity index (χ1v) is 7.41. The van der Waals surface area contributed by atoms with Crippen LogP contribution >= 0.6 is 0 Å². The van der Waals surface area contributed by atoms with Crippen molar-refractivity contribution < 1.29 is 9.90 Å². The van der Waals surface area contributed by atoms with Gasteiger partial charge in [0.2, 0.25) is 0 Å². The van der Waals surface area contributed by atoms with Crippen LogP contribution in [0.2, 0.25) is 0 Å². The average Bonchev–Trinajstić information content (AvgIpc) is 2.48. The highest BCUT2D eigenvalue weighted by Gasteiger charge is 2.25. The highest BCUT2D eigenvalue weighted by atomic mass is 16.4. The molecule has 1 aliphatic carbocycles. The molecule has 0 bridgehead atoms. The van der Waals surface area contributed by atoms with Crippen molar-refractivity contribution >= 4 is 12.0 Å². The van der Waals surface area contributed by atoms with E-state index in [9.17, 15) is 4.79 Å². The van der Waals surface area contributed by atoms with Crippen LogP contribution in [-0.4, -0.2) is 24.2 Å². The van der Waals surface area contributed by atoms with Crippen LogP contribution in [-0.2, 0) is 4.79 Å². The van der Waals surface area contributed by atoms with Crippen LogP contribution < -0.4 is 5.32 Å². The van der Waals surface area contributed by atoms with Crippen LogP contribution in [0.25, 0.3) is 6.08 Å². The van der Waals surface area contributed by atoms with Crippen molar-refractivity contribution in [2.45, 2.75) is 25.7 Å². The van der Waals surface area contributed by atoms with Crippen LogP contribution in [0.3, 0.4) is 0 Å². The average molecular weight is 273 g/mol. The van der Waals surface area contributed by atoms with E-state index in [4.69, 9.17) is 5.11 Å². The summed E-state index contributed by atoms with van der Waals surface area (Å²) >= 11 is 0. The zero-order chi connectivity index (χ0) is 14.2. The Hall–Kier alpha value is -1.61. The minimum atomic E-state index is -0.623. The summed E-state index contributed by atoms with van der Waals surface area (Å²) in [5.74, 6) is -0.0952. The minimum Gasteiger partial charge on any atom is -0.481 e. The largest absolute Gasteiger partial charge is 0.481 e. The van der Waals surface area contributed by atoms with Gasteiger partial charge in [0, 0.05) is 6.54 Å². The van der Waals surface area contributed by atoms with Gasteiger partial charge >= 0.3 is 5.97 Å². The molecule has 0 aromatic heterocycles. The Labute approximate surface area is 120 Å². The zero-order valence-corrected chi connectivity index (χ0v) is 11.8. The Balaban J connectivity index is 1.60. The fraction of sp³-hybridized carbons (Fsp3) is 0.471. The van der Waals surface area contributed by atoms with E-state index in [2.05, 4.69) is 29.6 Å². The molecule has 1 aromatic carbocycles. The monoisotopic (exact) mass is 273 g/mol. The normalized spacial score (nSPS) is 23.0. The third-order valence-corrected chi connectivity index (χ3v) is 4.00. The van der Waals surface area contributed by atoms with Crippen molar-refractivity contribution in [2.75, 3.05) is 13.1 Å². The van der Waals surface area contributed by atoms with Gasteiger partial charge in [-0.15, -0.1) is 0 Å². The summed E-state index contributed by atoms with van der Waals surface area (Å²) in [6.07, 6.45) is 7.99. The topological polar surface area (TPSA) is 49.3 Å². The van der Waals surface area contributed by atoms with Crippen LogP contribution in [0.15, 0.2) is 36.4 Å². The Kier molecular flexibility index (Phi) is 5.81. The summed E-state index contributed by atoms with van der Waals surface area (Å²) in [5.41, 5.74) is 1.22. The molecule has 0 aliphatic heterocycles. The van der Waals surface area contributed by atoms with E-state index in [0.29, 0.717) is 5.92 Å². The van der Waals surface area contributed by atoms with E-state index in [1.54, 1.807) is 0 Å². The maximum absolute atomic E-state index is 10.9. The van der Waals surface area contributed by atoms with Gasteiger partial charge in [0.25, 0.3) is 0 Å². The molecule has 3 heteroatoms. The lowest BCUT2D eigenvalue weighted by atomic mass is 9.82. The second-order valence-corrected chi connectivity index (χ2v) is 5.53. The molecule has 0 atom stereocenters.